The molecule has 1 heterocycles. The van der Waals surface area contributed by atoms with Gasteiger partial charge in [0.15, 0.2) is 0 Å². The van der Waals surface area contributed by atoms with Crippen molar-refractivity contribution in [1.82, 2.24) is 4.98 Å². The monoisotopic (exact) mass is 274 g/mol. The number of nitro groups is 1. The molecule has 1 aromatic carbocycles. The number of pyridine rings is 1. The van der Waals surface area contributed by atoms with E-state index in [9.17, 15) is 19.7 Å². The maximum absolute atomic E-state index is 11.9. The minimum absolute atomic E-state index is 0.136. The molecule has 1 aromatic heterocycles. The molecule has 2 N–H and O–H groups in total. The van der Waals surface area contributed by atoms with E-state index >= 15 is 0 Å². The number of aliphatic carboxylic acids is 1. The molecule has 102 valence electrons. The second kappa shape index (κ2) is 5.35. The average Bonchev–Trinajstić information content (AvgIpc) is 2.39. The zero-order valence-corrected chi connectivity index (χ0v) is 10.2. The standard InChI is InChI=1S/C13H10N2O5/c16-12(17)3-1-2-8-4-5-10-9(6-8)13(18)11(7-14-10)15(19)20/h1-2,4-7H,3H2,(H,14,18)(H,16,17). The van der Waals surface area contributed by atoms with Gasteiger partial charge >= 0.3 is 11.7 Å². The number of carboxylic acids is 1. The van der Waals surface area contributed by atoms with Gasteiger partial charge in [-0.25, -0.2) is 0 Å². The molecule has 0 spiro atoms. The highest BCUT2D eigenvalue weighted by atomic mass is 16.6. The van der Waals surface area contributed by atoms with Crippen molar-refractivity contribution in [2.45, 2.75) is 6.42 Å². The molecule has 0 radical (unpaired) electrons. The van der Waals surface area contributed by atoms with Gasteiger partial charge in [-0.1, -0.05) is 18.2 Å². The fraction of sp³-hybridized carbons (Fsp3) is 0.0769. The second-order valence-corrected chi connectivity index (χ2v) is 4.07. The molecule has 20 heavy (non-hydrogen) atoms. The molecule has 0 aliphatic carbocycles. The minimum atomic E-state index is -0.962. The Morgan fingerprint density at radius 3 is 2.85 bits per heavy atom. The van der Waals surface area contributed by atoms with Gasteiger partial charge in [0.2, 0.25) is 0 Å². The smallest absolute Gasteiger partial charge is 0.332 e. The number of carbonyl (C=O) groups is 1. The maximum Gasteiger partial charge on any atom is 0.332 e. The number of carboxylic acid groups (broad SMARTS) is 1. The summed E-state index contributed by atoms with van der Waals surface area (Å²) in [6, 6.07) is 4.78. The van der Waals surface area contributed by atoms with Gasteiger partial charge in [-0.2, -0.15) is 0 Å². The Balaban J connectivity index is 2.49. The van der Waals surface area contributed by atoms with Crippen LogP contribution in [0.25, 0.3) is 17.0 Å². The predicted octanol–water partition coefficient (Wildman–Crippen LogP) is 1.92. The molecule has 2 aromatic rings. The van der Waals surface area contributed by atoms with Gasteiger partial charge in [0.05, 0.1) is 22.9 Å². The molecule has 0 amide bonds. The molecule has 2 rings (SSSR count). The molecule has 0 bridgehead atoms. The summed E-state index contributed by atoms with van der Waals surface area (Å²) in [6.45, 7) is 0. The van der Waals surface area contributed by atoms with Gasteiger partial charge in [-0.05, 0) is 17.7 Å². The molecule has 0 fully saturated rings. The Labute approximate surface area is 112 Å². The van der Waals surface area contributed by atoms with Crippen molar-refractivity contribution in [3.8, 4) is 0 Å². The topological polar surface area (TPSA) is 113 Å². The van der Waals surface area contributed by atoms with E-state index in [-0.39, 0.29) is 11.8 Å². The summed E-state index contributed by atoms with van der Waals surface area (Å²) >= 11 is 0. The van der Waals surface area contributed by atoms with Gasteiger partial charge in [0.25, 0.3) is 5.43 Å². The number of aromatic amines is 1. The van der Waals surface area contributed by atoms with Gasteiger partial charge in [0.1, 0.15) is 0 Å². The van der Waals surface area contributed by atoms with E-state index in [2.05, 4.69) is 4.98 Å². The first kappa shape index (κ1) is 13.5. The lowest BCUT2D eigenvalue weighted by molar-refractivity contribution is -0.386. The lowest BCUT2D eigenvalue weighted by atomic mass is 10.1. The minimum Gasteiger partial charge on any atom is -0.481 e. The first-order valence-electron chi connectivity index (χ1n) is 5.67. The molecule has 0 aliphatic rings. The molecule has 0 saturated carbocycles. The van der Waals surface area contributed by atoms with Crippen LogP contribution in [0.4, 0.5) is 5.69 Å². The Kier molecular flexibility index (Phi) is 3.60. The van der Waals surface area contributed by atoms with Crippen molar-refractivity contribution in [1.29, 1.82) is 0 Å². The highest BCUT2D eigenvalue weighted by Crippen LogP contribution is 2.15. The molecule has 0 atom stereocenters. The quantitative estimate of drug-likeness (QED) is 0.653. The molecule has 7 heteroatoms. The second-order valence-electron chi connectivity index (χ2n) is 4.07. The van der Waals surface area contributed by atoms with Crippen molar-refractivity contribution < 1.29 is 14.8 Å². The summed E-state index contributed by atoms with van der Waals surface area (Å²) < 4.78 is 0. The van der Waals surface area contributed by atoms with Crippen LogP contribution in [-0.4, -0.2) is 21.0 Å². The van der Waals surface area contributed by atoms with Gasteiger partial charge < -0.3 is 10.1 Å². The van der Waals surface area contributed by atoms with E-state index in [1.807, 2.05) is 0 Å². The van der Waals surface area contributed by atoms with Crippen molar-refractivity contribution in [3.05, 3.63) is 56.4 Å². The molecular weight excluding hydrogens is 264 g/mol. The van der Waals surface area contributed by atoms with E-state index in [4.69, 9.17) is 5.11 Å². The van der Waals surface area contributed by atoms with Crippen LogP contribution in [0, 0.1) is 10.1 Å². The van der Waals surface area contributed by atoms with Gasteiger partial charge in [-0.3, -0.25) is 19.7 Å². The SMILES string of the molecule is O=C(O)CC=Cc1ccc2[nH]cc([N+](=O)[O-])c(=O)c2c1. The average molecular weight is 274 g/mol. The molecule has 0 saturated heterocycles. The first-order chi connectivity index (χ1) is 9.49. The van der Waals surface area contributed by atoms with Crippen LogP contribution in [0.2, 0.25) is 0 Å². The van der Waals surface area contributed by atoms with Crippen molar-refractivity contribution in [2.75, 3.05) is 0 Å². The first-order valence-corrected chi connectivity index (χ1v) is 5.67. The largest absolute Gasteiger partial charge is 0.481 e. The third-order valence-electron chi connectivity index (χ3n) is 2.68. The number of fused-ring (bicyclic) bond motifs is 1. The predicted molar refractivity (Wildman–Crippen MR) is 72.5 cm³/mol. The number of nitrogens with one attached hydrogen (secondary N) is 1. The van der Waals surface area contributed by atoms with Gasteiger partial charge in [-0.15, -0.1) is 0 Å². The Hall–Kier alpha value is -2.96. The number of nitrogens with zero attached hydrogens (tertiary/aromatic N) is 1. The number of benzene rings is 1. The zero-order valence-electron chi connectivity index (χ0n) is 10.2. The fourth-order valence-corrected chi connectivity index (χ4v) is 1.76. The van der Waals surface area contributed by atoms with Crippen LogP contribution in [-0.2, 0) is 4.79 Å². The summed E-state index contributed by atoms with van der Waals surface area (Å²) in [7, 11) is 0. The Morgan fingerprint density at radius 1 is 1.45 bits per heavy atom. The molecule has 0 aliphatic heterocycles. The highest BCUT2D eigenvalue weighted by molar-refractivity contribution is 5.83. The van der Waals surface area contributed by atoms with E-state index in [0.717, 1.165) is 6.20 Å². The molecular formula is C13H10N2O5. The summed E-state index contributed by atoms with van der Waals surface area (Å²) in [6.07, 6.45) is 3.91. The third kappa shape index (κ3) is 2.72. The highest BCUT2D eigenvalue weighted by Gasteiger charge is 2.14. The zero-order chi connectivity index (χ0) is 14.7. The Bertz CT molecular complexity index is 776. The molecule has 7 nitrogen and oxygen atoms in total. The fourth-order valence-electron chi connectivity index (χ4n) is 1.76. The number of hydrogen-bond acceptors (Lipinski definition) is 4. The third-order valence-corrected chi connectivity index (χ3v) is 2.68. The van der Waals surface area contributed by atoms with Crippen LogP contribution < -0.4 is 5.43 Å². The normalized spacial score (nSPS) is 11.0. The van der Waals surface area contributed by atoms with Crippen LogP contribution in [0.15, 0.2) is 35.3 Å². The van der Waals surface area contributed by atoms with Crippen molar-refractivity contribution in [2.24, 2.45) is 0 Å². The van der Waals surface area contributed by atoms with E-state index < -0.39 is 22.0 Å². The summed E-state index contributed by atoms with van der Waals surface area (Å²) in [4.78, 5) is 35.0. The summed E-state index contributed by atoms with van der Waals surface area (Å²) in [5.74, 6) is -0.962. The van der Waals surface area contributed by atoms with Crippen LogP contribution in [0.3, 0.4) is 0 Å². The summed E-state index contributed by atoms with van der Waals surface area (Å²) in [5.41, 5.74) is -0.109. The summed E-state index contributed by atoms with van der Waals surface area (Å²) in [5, 5.41) is 19.4. The number of rotatable bonds is 4. The van der Waals surface area contributed by atoms with E-state index in [1.165, 1.54) is 12.1 Å². The van der Waals surface area contributed by atoms with E-state index in [1.54, 1.807) is 18.2 Å². The number of H-pyrrole nitrogens is 1. The van der Waals surface area contributed by atoms with E-state index in [0.29, 0.717) is 11.1 Å². The van der Waals surface area contributed by atoms with Crippen LogP contribution in [0.1, 0.15) is 12.0 Å². The maximum atomic E-state index is 11.9. The van der Waals surface area contributed by atoms with Crippen molar-refractivity contribution in [3.63, 3.8) is 0 Å². The van der Waals surface area contributed by atoms with Crippen LogP contribution >= 0.6 is 0 Å². The number of aromatic nitrogens is 1. The lowest BCUT2D eigenvalue weighted by Crippen LogP contribution is -2.09. The van der Waals surface area contributed by atoms with Crippen LogP contribution in [0.5, 0.6) is 0 Å². The number of hydrogen-bond donors (Lipinski definition) is 2. The molecule has 0 unspecified atom stereocenters. The lowest BCUT2D eigenvalue weighted by Gasteiger charge is -1.99. The Morgan fingerprint density at radius 2 is 2.20 bits per heavy atom. The van der Waals surface area contributed by atoms with Crippen molar-refractivity contribution >= 4 is 28.6 Å². The van der Waals surface area contributed by atoms with Gasteiger partial charge in [0, 0.05) is 5.52 Å².